The van der Waals surface area contributed by atoms with E-state index in [0.717, 1.165) is 83.5 Å². The van der Waals surface area contributed by atoms with Crippen molar-refractivity contribution in [2.24, 2.45) is 0 Å². The Morgan fingerprint density at radius 3 is 1.32 bits per heavy atom. The number of carbonyl (C=O) groups excluding carboxylic acids is 3. The molecule has 0 aliphatic carbocycles. The molecule has 6 heteroatoms. The van der Waals surface area contributed by atoms with Crippen LogP contribution >= 0.6 is 0 Å². The summed E-state index contributed by atoms with van der Waals surface area (Å²) in [6.07, 6.45) is 57.9. The van der Waals surface area contributed by atoms with E-state index >= 15 is 0 Å². The molecule has 0 aromatic rings. The van der Waals surface area contributed by atoms with E-state index in [-0.39, 0.29) is 31.1 Å². The fraction of sp³-hybridized carbons (Fsp3) is 0.580. The van der Waals surface area contributed by atoms with Crippen molar-refractivity contribution >= 4 is 17.9 Å². The summed E-state index contributed by atoms with van der Waals surface area (Å²) in [7, 11) is 0. The Kier molecular flexibility index (Phi) is 40.7. The van der Waals surface area contributed by atoms with Gasteiger partial charge in [0.15, 0.2) is 6.10 Å². The first-order chi connectivity index (χ1) is 27.5. The summed E-state index contributed by atoms with van der Waals surface area (Å²) in [5.74, 6) is -1.01. The number of esters is 3. The van der Waals surface area contributed by atoms with Crippen LogP contribution in [0.1, 0.15) is 168 Å². The maximum Gasteiger partial charge on any atom is 0.306 e. The highest BCUT2D eigenvalue weighted by Crippen LogP contribution is 2.13. The van der Waals surface area contributed by atoms with E-state index in [1.165, 1.54) is 44.9 Å². The first-order valence-corrected chi connectivity index (χ1v) is 22.0. The summed E-state index contributed by atoms with van der Waals surface area (Å²) >= 11 is 0. The first-order valence-electron chi connectivity index (χ1n) is 22.0. The molecular formula is C50H78O6. The Morgan fingerprint density at radius 1 is 0.393 bits per heavy atom. The lowest BCUT2D eigenvalue weighted by molar-refractivity contribution is -0.167. The highest BCUT2D eigenvalue weighted by molar-refractivity contribution is 5.71. The van der Waals surface area contributed by atoms with Crippen molar-refractivity contribution in [2.45, 2.75) is 175 Å². The number of ether oxygens (including phenoxy) is 3. The van der Waals surface area contributed by atoms with Crippen molar-refractivity contribution in [3.8, 4) is 0 Å². The lowest BCUT2D eigenvalue weighted by Gasteiger charge is -2.18. The number of carbonyl (C=O) groups is 3. The summed E-state index contributed by atoms with van der Waals surface area (Å²) in [4.78, 5) is 37.6. The first kappa shape index (κ1) is 52.1. The van der Waals surface area contributed by atoms with Gasteiger partial charge >= 0.3 is 17.9 Å². The normalized spacial score (nSPS) is 13.1. The average Bonchev–Trinajstić information content (AvgIpc) is 3.19. The highest BCUT2D eigenvalue weighted by Gasteiger charge is 2.19. The van der Waals surface area contributed by atoms with Gasteiger partial charge in [-0.2, -0.15) is 0 Å². The molecule has 0 amide bonds. The van der Waals surface area contributed by atoms with E-state index in [0.29, 0.717) is 19.3 Å². The summed E-state index contributed by atoms with van der Waals surface area (Å²) < 4.78 is 16.6. The molecule has 0 aliphatic rings. The highest BCUT2D eigenvalue weighted by atomic mass is 16.6. The zero-order valence-corrected chi connectivity index (χ0v) is 35.6. The zero-order chi connectivity index (χ0) is 40.8. The SMILES string of the molecule is CC\C=C/C=C\C=C/C=C\C=C\C=C/C=C\CCCCCC(=O)OCC(COC(=O)CCCC/C=C\C/C=C\CC)OC(=O)CCCCCCCCCCCC. The van der Waals surface area contributed by atoms with E-state index in [9.17, 15) is 14.4 Å². The van der Waals surface area contributed by atoms with E-state index in [4.69, 9.17) is 14.2 Å². The molecule has 1 unspecified atom stereocenters. The summed E-state index contributed by atoms with van der Waals surface area (Å²) in [6, 6.07) is 0. The van der Waals surface area contributed by atoms with E-state index in [1.54, 1.807) is 0 Å². The monoisotopic (exact) mass is 775 g/mol. The second-order valence-electron chi connectivity index (χ2n) is 14.0. The minimum Gasteiger partial charge on any atom is -0.462 e. The Morgan fingerprint density at radius 2 is 0.786 bits per heavy atom. The number of rotatable bonds is 37. The van der Waals surface area contributed by atoms with Crippen LogP contribution in [0.2, 0.25) is 0 Å². The van der Waals surface area contributed by atoms with Crippen LogP contribution in [0.25, 0.3) is 0 Å². The van der Waals surface area contributed by atoms with E-state index < -0.39 is 6.10 Å². The van der Waals surface area contributed by atoms with Crippen LogP contribution in [0.5, 0.6) is 0 Å². The van der Waals surface area contributed by atoms with Gasteiger partial charge in [0, 0.05) is 19.3 Å². The second kappa shape index (κ2) is 43.8. The Bertz CT molecular complexity index is 1210. The standard InChI is InChI=1S/C50H78O6/c1-4-7-10-13-16-19-21-22-23-24-25-26-27-28-29-32-34-37-40-43-49(52)55-46-47(45-54-48(51)42-39-36-33-30-18-15-12-9-6-3)56-50(53)44-41-38-35-31-20-17-14-11-8-5-2/h7,9-10,12-13,16,18-19,21-30,47H,4-6,8,11,14-15,17,20,31-46H2,1-3H3/b10-7-,12-9-,16-13-,21-19-,23-22-,25-24+,27-26-,29-28-,30-18-. The molecular weight excluding hydrogens is 697 g/mol. The predicted molar refractivity (Wildman–Crippen MR) is 237 cm³/mol. The van der Waals surface area contributed by atoms with Gasteiger partial charge < -0.3 is 14.2 Å². The summed E-state index contributed by atoms with van der Waals surface area (Å²) in [5.41, 5.74) is 0. The Hall–Kier alpha value is -3.93. The third-order valence-corrected chi connectivity index (χ3v) is 8.72. The molecule has 1 atom stereocenters. The van der Waals surface area contributed by atoms with Crippen LogP contribution in [0.4, 0.5) is 0 Å². The van der Waals surface area contributed by atoms with Gasteiger partial charge in [-0.05, 0) is 64.2 Å². The van der Waals surface area contributed by atoms with Crippen molar-refractivity contribution in [3.63, 3.8) is 0 Å². The van der Waals surface area contributed by atoms with Crippen LogP contribution in [-0.4, -0.2) is 37.2 Å². The molecule has 0 saturated carbocycles. The van der Waals surface area contributed by atoms with Gasteiger partial charge in [-0.3, -0.25) is 14.4 Å². The third-order valence-electron chi connectivity index (χ3n) is 8.72. The molecule has 0 heterocycles. The van der Waals surface area contributed by atoms with Crippen molar-refractivity contribution in [1.29, 1.82) is 0 Å². The molecule has 0 aromatic heterocycles. The summed E-state index contributed by atoms with van der Waals surface area (Å²) in [5, 5.41) is 0. The van der Waals surface area contributed by atoms with Gasteiger partial charge in [-0.25, -0.2) is 0 Å². The van der Waals surface area contributed by atoms with Crippen LogP contribution in [0, 0.1) is 0 Å². The molecule has 0 radical (unpaired) electrons. The van der Waals surface area contributed by atoms with Crippen LogP contribution in [-0.2, 0) is 28.6 Å². The van der Waals surface area contributed by atoms with Crippen LogP contribution in [0.3, 0.4) is 0 Å². The molecule has 56 heavy (non-hydrogen) atoms. The zero-order valence-electron chi connectivity index (χ0n) is 35.6. The number of allylic oxidation sites excluding steroid dienone is 18. The van der Waals surface area contributed by atoms with Gasteiger partial charge in [-0.15, -0.1) is 0 Å². The van der Waals surface area contributed by atoms with Gasteiger partial charge in [0.25, 0.3) is 0 Å². The maximum absolute atomic E-state index is 12.7. The lowest BCUT2D eigenvalue weighted by atomic mass is 10.1. The molecule has 0 N–H and O–H groups in total. The molecule has 0 saturated heterocycles. The minimum absolute atomic E-state index is 0.112. The van der Waals surface area contributed by atoms with E-state index in [1.807, 2.05) is 72.9 Å². The Labute approximate surface area is 342 Å². The van der Waals surface area contributed by atoms with Gasteiger partial charge in [-0.1, -0.05) is 194 Å². The van der Waals surface area contributed by atoms with Crippen LogP contribution in [0.15, 0.2) is 109 Å². The molecule has 0 rings (SSSR count). The van der Waals surface area contributed by atoms with Gasteiger partial charge in [0.2, 0.25) is 0 Å². The molecule has 0 fully saturated rings. The molecule has 6 nitrogen and oxygen atoms in total. The largest absolute Gasteiger partial charge is 0.462 e. The maximum atomic E-state index is 12.7. The van der Waals surface area contributed by atoms with Gasteiger partial charge in [0.05, 0.1) is 0 Å². The molecule has 0 spiro atoms. The number of unbranched alkanes of at least 4 members (excludes halogenated alkanes) is 14. The average molecular weight is 775 g/mol. The minimum atomic E-state index is -0.807. The smallest absolute Gasteiger partial charge is 0.306 e. The molecule has 0 bridgehead atoms. The molecule has 0 aromatic carbocycles. The molecule has 314 valence electrons. The van der Waals surface area contributed by atoms with Crippen molar-refractivity contribution in [1.82, 2.24) is 0 Å². The molecule has 0 aliphatic heterocycles. The third kappa shape index (κ3) is 41.2. The van der Waals surface area contributed by atoms with Crippen molar-refractivity contribution < 1.29 is 28.6 Å². The fourth-order valence-corrected chi connectivity index (χ4v) is 5.46. The number of hydrogen-bond donors (Lipinski definition) is 0. The number of hydrogen-bond acceptors (Lipinski definition) is 6. The topological polar surface area (TPSA) is 78.9 Å². The lowest BCUT2D eigenvalue weighted by Crippen LogP contribution is -2.30. The van der Waals surface area contributed by atoms with Crippen molar-refractivity contribution in [2.75, 3.05) is 13.2 Å². The predicted octanol–water partition coefficient (Wildman–Crippen LogP) is 14.0. The summed E-state index contributed by atoms with van der Waals surface area (Å²) in [6.45, 7) is 6.24. The quantitative estimate of drug-likeness (QED) is 0.0206. The Balaban J connectivity index is 4.49. The fourth-order valence-electron chi connectivity index (χ4n) is 5.46. The van der Waals surface area contributed by atoms with Crippen molar-refractivity contribution in [3.05, 3.63) is 109 Å². The van der Waals surface area contributed by atoms with E-state index in [2.05, 4.69) is 57.2 Å². The second-order valence-corrected chi connectivity index (χ2v) is 14.0. The van der Waals surface area contributed by atoms with Gasteiger partial charge in [0.1, 0.15) is 13.2 Å². The van der Waals surface area contributed by atoms with Crippen LogP contribution < -0.4 is 0 Å².